The number of aromatic nitrogens is 2. The van der Waals surface area contributed by atoms with E-state index in [2.05, 4.69) is 9.55 Å². The number of fused-ring (bicyclic) bond motifs is 1. The number of nitrogens with two attached hydrogens (primary N) is 1. The van der Waals surface area contributed by atoms with Crippen LogP contribution < -0.4 is 5.73 Å². The van der Waals surface area contributed by atoms with Gasteiger partial charge in [-0.3, -0.25) is 0 Å². The van der Waals surface area contributed by atoms with Crippen LogP contribution in [0.2, 0.25) is 0 Å². The number of rotatable bonds is 2. The molecule has 1 atom stereocenters. The van der Waals surface area contributed by atoms with Crippen molar-refractivity contribution in [1.29, 1.82) is 0 Å². The summed E-state index contributed by atoms with van der Waals surface area (Å²) in [5.41, 5.74) is 8.33. The Kier molecular flexibility index (Phi) is 2.83. The van der Waals surface area contributed by atoms with E-state index < -0.39 is 5.97 Å². The molecule has 2 heterocycles. The van der Waals surface area contributed by atoms with Gasteiger partial charge in [0.2, 0.25) is 0 Å². The van der Waals surface area contributed by atoms with Crippen molar-refractivity contribution in [3.8, 4) is 11.4 Å². The minimum absolute atomic E-state index is 0.0493. The van der Waals surface area contributed by atoms with Crippen LogP contribution in [0.4, 0.5) is 0 Å². The predicted octanol–water partition coefficient (Wildman–Crippen LogP) is 2.04. The predicted molar refractivity (Wildman–Crippen MR) is 70.8 cm³/mol. The van der Waals surface area contributed by atoms with Crippen LogP contribution in [0.3, 0.4) is 0 Å². The third kappa shape index (κ3) is 2.02. The zero-order chi connectivity index (χ0) is 13.4. The van der Waals surface area contributed by atoms with E-state index in [4.69, 9.17) is 10.8 Å². The van der Waals surface area contributed by atoms with Crippen LogP contribution in [0.1, 0.15) is 34.9 Å². The topological polar surface area (TPSA) is 81.1 Å². The molecule has 5 nitrogen and oxygen atoms in total. The number of hydrogen-bond acceptors (Lipinski definition) is 3. The Bertz CT molecular complexity index is 616. The number of carbonyl (C=O) groups is 1. The van der Waals surface area contributed by atoms with Gasteiger partial charge in [-0.2, -0.15) is 0 Å². The molecule has 1 aromatic carbocycles. The van der Waals surface area contributed by atoms with Gasteiger partial charge in [-0.25, -0.2) is 9.78 Å². The van der Waals surface area contributed by atoms with Crippen molar-refractivity contribution in [2.75, 3.05) is 0 Å². The Morgan fingerprint density at radius 2 is 2.11 bits per heavy atom. The smallest absolute Gasteiger partial charge is 0.335 e. The van der Waals surface area contributed by atoms with Gasteiger partial charge in [-0.15, -0.1) is 0 Å². The second kappa shape index (κ2) is 4.51. The zero-order valence-electron chi connectivity index (χ0n) is 10.4. The molecule has 3 N–H and O–H groups in total. The molecule has 0 bridgehead atoms. The number of hydrogen-bond donors (Lipinski definition) is 2. The van der Waals surface area contributed by atoms with E-state index >= 15 is 0 Å². The average Bonchev–Trinajstić information content (AvgIpc) is 2.84. The van der Waals surface area contributed by atoms with Crippen molar-refractivity contribution < 1.29 is 9.90 Å². The minimum Gasteiger partial charge on any atom is -0.478 e. The number of carboxylic acids is 1. The highest BCUT2D eigenvalue weighted by Gasteiger charge is 2.20. The van der Waals surface area contributed by atoms with Gasteiger partial charge < -0.3 is 15.4 Å². The summed E-state index contributed by atoms with van der Waals surface area (Å²) >= 11 is 0. The first kappa shape index (κ1) is 11.9. The van der Waals surface area contributed by atoms with Crippen LogP contribution in [0.25, 0.3) is 11.4 Å². The van der Waals surface area contributed by atoms with Crippen molar-refractivity contribution >= 4 is 5.97 Å². The summed E-state index contributed by atoms with van der Waals surface area (Å²) < 4.78 is 2.13. The zero-order valence-corrected chi connectivity index (χ0v) is 10.4. The number of carboxylic acid groups (broad SMARTS) is 1. The van der Waals surface area contributed by atoms with Crippen LogP contribution in [0.15, 0.2) is 30.5 Å². The lowest BCUT2D eigenvalue weighted by Gasteiger charge is -2.22. The molecule has 0 amide bonds. The largest absolute Gasteiger partial charge is 0.478 e. The van der Waals surface area contributed by atoms with Gasteiger partial charge >= 0.3 is 5.97 Å². The van der Waals surface area contributed by atoms with Crippen LogP contribution in [-0.4, -0.2) is 20.6 Å². The van der Waals surface area contributed by atoms with E-state index in [-0.39, 0.29) is 11.6 Å². The number of benzene rings is 1. The fraction of sp³-hybridized carbons (Fsp3) is 0.286. The molecule has 0 aliphatic carbocycles. The van der Waals surface area contributed by atoms with Gasteiger partial charge in [0, 0.05) is 18.2 Å². The Morgan fingerprint density at radius 3 is 2.79 bits per heavy atom. The van der Waals surface area contributed by atoms with E-state index in [1.807, 2.05) is 6.20 Å². The molecule has 1 unspecified atom stereocenters. The van der Waals surface area contributed by atoms with Crippen molar-refractivity contribution in [1.82, 2.24) is 9.55 Å². The van der Waals surface area contributed by atoms with Crippen molar-refractivity contribution in [2.45, 2.75) is 25.4 Å². The second-order valence-corrected chi connectivity index (χ2v) is 4.79. The molecular weight excluding hydrogens is 242 g/mol. The molecule has 1 aliphatic heterocycles. The van der Waals surface area contributed by atoms with Gasteiger partial charge in [-0.1, -0.05) is 12.1 Å². The normalized spacial score (nSPS) is 18.1. The summed E-state index contributed by atoms with van der Waals surface area (Å²) in [4.78, 5) is 15.3. The Balaban J connectivity index is 2.01. The summed E-state index contributed by atoms with van der Waals surface area (Å²) in [5.74, 6) is -0.0548. The number of nitrogens with zero attached hydrogens (tertiary/aromatic N) is 2. The van der Waals surface area contributed by atoms with Gasteiger partial charge in [-0.05, 0) is 25.0 Å². The summed E-state index contributed by atoms with van der Waals surface area (Å²) in [6, 6.07) is 6.83. The maximum Gasteiger partial charge on any atom is 0.335 e. The Labute approximate surface area is 110 Å². The molecule has 1 aromatic heterocycles. The highest BCUT2D eigenvalue weighted by Crippen LogP contribution is 2.28. The Hall–Kier alpha value is -2.14. The number of imidazole rings is 1. The Morgan fingerprint density at radius 1 is 1.37 bits per heavy atom. The molecule has 0 saturated carbocycles. The van der Waals surface area contributed by atoms with Crippen LogP contribution >= 0.6 is 0 Å². The molecule has 5 heteroatoms. The molecule has 0 radical (unpaired) electrons. The van der Waals surface area contributed by atoms with Crippen LogP contribution in [0, 0.1) is 0 Å². The standard InChI is InChI=1S/C14H15N3O2/c15-11-2-1-7-17-12(11)8-16-13(17)9-3-5-10(6-4-9)14(18)19/h3-6,8,11H,1-2,7,15H2,(H,18,19). The molecule has 19 heavy (non-hydrogen) atoms. The van der Waals surface area contributed by atoms with E-state index in [1.54, 1.807) is 24.3 Å². The van der Waals surface area contributed by atoms with E-state index in [9.17, 15) is 4.79 Å². The lowest BCUT2D eigenvalue weighted by atomic mass is 10.1. The van der Waals surface area contributed by atoms with E-state index in [0.29, 0.717) is 0 Å². The van der Waals surface area contributed by atoms with Gasteiger partial charge in [0.05, 0.1) is 17.5 Å². The van der Waals surface area contributed by atoms with E-state index in [0.717, 1.165) is 36.5 Å². The van der Waals surface area contributed by atoms with Gasteiger partial charge in [0.15, 0.2) is 0 Å². The lowest BCUT2D eigenvalue weighted by Crippen LogP contribution is -2.21. The van der Waals surface area contributed by atoms with Crippen LogP contribution in [0.5, 0.6) is 0 Å². The summed E-state index contributed by atoms with van der Waals surface area (Å²) in [7, 11) is 0. The minimum atomic E-state index is -0.918. The quantitative estimate of drug-likeness (QED) is 0.862. The monoisotopic (exact) mass is 257 g/mol. The first-order chi connectivity index (χ1) is 9.16. The summed E-state index contributed by atoms with van der Waals surface area (Å²) in [6.07, 6.45) is 3.86. The maximum atomic E-state index is 10.8. The number of aromatic carboxylic acids is 1. The molecule has 0 saturated heterocycles. The molecule has 2 aromatic rings. The second-order valence-electron chi connectivity index (χ2n) is 4.79. The maximum absolute atomic E-state index is 10.8. The average molecular weight is 257 g/mol. The molecule has 98 valence electrons. The first-order valence-corrected chi connectivity index (χ1v) is 6.31. The molecule has 0 spiro atoms. The fourth-order valence-corrected chi connectivity index (χ4v) is 2.53. The summed E-state index contributed by atoms with van der Waals surface area (Å²) in [6.45, 7) is 0.916. The van der Waals surface area contributed by atoms with Crippen molar-refractivity contribution in [3.05, 3.63) is 41.7 Å². The molecular formula is C14H15N3O2. The molecule has 0 fully saturated rings. The van der Waals surface area contributed by atoms with Crippen LogP contribution in [-0.2, 0) is 6.54 Å². The molecule has 1 aliphatic rings. The highest BCUT2D eigenvalue weighted by atomic mass is 16.4. The fourth-order valence-electron chi connectivity index (χ4n) is 2.53. The first-order valence-electron chi connectivity index (χ1n) is 6.31. The molecule has 3 rings (SSSR count). The van der Waals surface area contributed by atoms with Crippen molar-refractivity contribution in [2.24, 2.45) is 5.73 Å². The lowest BCUT2D eigenvalue weighted by molar-refractivity contribution is 0.0697. The third-order valence-corrected chi connectivity index (χ3v) is 3.55. The van der Waals surface area contributed by atoms with Crippen molar-refractivity contribution in [3.63, 3.8) is 0 Å². The SMILES string of the molecule is NC1CCCn2c1cnc2-c1ccc(C(=O)O)cc1. The van der Waals surface area contributed by atoms with Gasteiger partial charge in [0.1, 0.15) is 5.82 Å². The summed E-state index contributed by atoms with van der Waals surface area (Å²) in [5, 5.41) is 8.90. The van der Waals surface area contributed by atoms with E-state index in [1.165, 1.54) is 0 Å². The van der Waals surface area contributed by atoms with Gasteiger partial charge in [0.25, 0.3) is 0 Å². The highest BCUT2D eigenvalue weighted by molar-refractivity contribution is 5.88. The third-order valence-electron chi connectivity index (χ3n) is 3.55.